The molecule has 0 aliphatic rings. The van der Waals surface area contributed by atoms with Gasteiger partial charge in [-0.3, -0.25) is 9.78 Å². The van der Waals surface area contributed by atoms with Crippen LogP contribution in [0.3, 0.4) is 0 Å². The van der Waals surface area contributed by atoms with Gasteiger partial charge in [-0.2, -0.15) is 4.98 Å². The number of rotatable bonds is 4. The summed E-state index contributed by atoms with van der Waals surface area (Å²) in [5.41, 5.74) is 0.648. The average Bonchev–Trinajstić information content (AvgIpc) is 2.28. The lowest BCUT2D eigenvalue weighted by Gasteiger charge is -2.05. The van der Waals surface area contributed by atoms with Gasteiger partial charge in [-0.1, -0.05) is 23.7 Å². The monoisotopic (exact) mass is 264 g/mol. The molecule has 0 amide bonds. The SMILES string of the molecule is O=C(O)Cc1cccc(Oc2cncc(Cl)n2)c1. The normalized spacial score (nSPS) is 10.1. The Morgan fingerprint density at radius 1 is 1.39 bits per heavy atom. The van der Waals surface area contributed by atoms with E-state index in [-0.39, 0.29) is 17.5 Å². The maximum Gasteiger partial charge on any atom is 0.307 e. The van der Waals surface area contributed by atoms with E-state index in [0.717, 1.165) is 0 Å². The van der Waals surface area contributed by atoms with Crippen LogP contribution in [0.15, 0.2) is 36.7 Å². The first-order valence-electron chi connectivity index (χ1n) is 5.09. The quantitative estimate of drug-likeness (QED) is 0.919. The zero-order valence-electron chi connectivity index (χ0n) is 9.21. The number of aromatic nitrogens is 2. The summed E-state index contributed by atoms with van der Waals surface area (Å²) in [5.74, 6) is -0.144. The Morgan fingerprint density at radius 3 is 2.94 bits per heavy atom. The molecule has 0 saturated heterocycles. The van der Waals surface area contributed by atoms with E-state index in [9.17, 15) is 4.79 Å². The number of benzene rings is 1. The molecule has 1 heterocycles. The second-order valence-electron chi connectivity index (χ2n) is 3.50. The van der Waals surface area contributed by atoms with Crippen LogP contribution in [0.4, 0.5) is 0 Å². The summed E-state index contributed by atoms with van der Waals surface area (Å²) in [5, 5.41) is 8.93. The predicted molar refractivity (Wildman–Crippen MR) is 64.9 cm³/mol. The van der Waals surface area contributed by atoms with Crippen molar-refractivity contribution >= 4 is 17.6 Å². The number of aliphatic carboxylic acids is 1. The molecule has 0 atom stereocenters. The van der Waals surface area contributed by atoms with Crippen LogP contribution in [-0.4, -0.2) is 21.0 Å². The third kappa shape index (κ3) is 3.43. The molecule has 2 rings (SSSR count). The van der Waals surface area contributed by atoms with Gasteiger partial charge in [0.05, 0.1) is 18.8 Å². The molecule has 18 heavy (non-hydrogen) atoms. The third-order valence-corrected chi connectivity index (χ3v) is 2.24. The summed E-state index contributed by atoms with van der Waals surface area (Å²) in [4.78, 5) is 18.4. The van der Waals surface area contributed by atoms with Crippen LogP contribution in [0.5, 0.6) is 11.6 Å². The highest BCUT2D eigenvalue weighted by Gasteiger charge is 2.04. The van der Waals surface area contributed by atoms with Crippen molar-refractivity contribution in [3.05, 3.63) is 47.4 Å². The number of ether oxygens (including phenoxy) is 1. The molecule has 0 radical (unpaired) electrons. The summed E-state index contributed by atoms with van der Waals surface area (Å²) < 4.78 is 5.43. The summed E-state index contributed by atoms with van der Waals surface area (Å²) in [6.45, 7) is 0. The van der Waals surface area contributed by atoms with Gasteiger partial charge in [-0.15, -0.1) is 0 Å². The van der Waals surface area contributed by atoms with Crippen molar-refractivity contribution < 1.29 is 14.6 Å². The van der Waals surface area contributed by atoms with Gasteiger partial charge in [0.25, 0.3) is 0 Å². The van der Waals surface area contributed by atoms with Gasteiger partial charge < -0.3 is 9.84 Å². The molecular formula is C12H9ClN2O3. The van der Waals surface area contributed by atoms with Gasteiger partial charge in [0.1, 0.15) is 5.75 Å². The molecule has 2 aromatic rings. The van der Waals surface area contributed by atoms with E-state index in [1.807, 2.05) is 0 Å². The van der Waals surface area contributed by atoms with Crippen LogP contribution < -0.4 is 4.74 Å². The lowest BCUT2D eigenvalue weighted by Crippen LogP contribution is -2.00. The minimum Gasteiger partial charge on any atom is -0.481 e. The number of carboxylic acids is 1. The molecule has 5 nitrogen and oxygen atoms in total. The first-order valence-corrected chi connectivity index (χ1v) is 5.47. The molecule has 1 aromatic carbocycles. The van der Waals surface area contributed by atoms with E-state index in [4.69, 9.17) is 21.4 Å². The molecule has 0 aliphatic heterocycles. The first-order chi connectivity index (χ1) is 8.63. The second kappa shape index (κ2) is 5.46. The Kier molecular flexibility index (Phi) is 3.74. The van der Waals surface area contributed by atoms with Crippen molar-refractivity contribution in [2.24, 2.45) is 0 Å². The molecule has 0 unspecified atom stereocenters. The second-order valence-corrected chi connectivity index (χ2v) is 3.89. The van der Waals surface area contributed by atoms with Crippen molar-refractivity contribution in [3.8, 4) is 11.6 Å². The van der Waals surface area contributed by atoms with Gasteiger partial charge >= 0.3 is 5.97 Å². The molecule has 1 N–H and O–H groups in total. The van der Waals surface area contributed by atoms with Gasteiger partial charge in [-0.25, -0.2) is 0 Å². The van der Waals surface area contributed by atoms with Crippen molar-refractivity contribution in [2.75, 3.05) is 0 Å². The standard InChI is InChI=1S/C12H9ClN2O3/c13-10-6-14-7-11(15-10)18-9-3-1-2-8(4-9)5-12(16)17/h1-4,6-7H,5H2,(H,16,17). The van der Waals surface area contributed by atoms with E-state index >= 15 is 0 Å². The summed E-state index contributed by atoms with van der Waals surface area (Å²) in [6.07, 6.45) is 2.77. The van der Waals surface area contributed by atoms with Crippen LogP contribution in [-0.2, 0) is 11.2 Å². The predicted octanol–water partition coefficient (Wildman–Crippen LogP) is 2.55. The largest absolute Gasteiger partial charge is 0.481 e. The number of carboxylic acid groups (broad SMARTS) is 1. The van der Waals surface area contributed by atoms with Crippen molar-refractivity contribution in [3.63, 3.8) is 0 Å². The molecule has 0 aliphatic carbocycles. The lowest BCUT2D eigenvalue weighted by molar-refractivity contribution is -0.136. The molecule has 6 heteroatoms. The molecule has 0 bridgehead atoms. The number of halogens is 1. The Labute approximate surface area is 108 Å². The van der Waals surface area contributed by atoms with E-state index in [1.165, 1.54) is 12.4 Å². The molecule has 92 valence electrons. The minimum absolute atomic E-state index is 0.0571. The van der Waals surface area contributed by atoms with E-state index in [0.29, 0.717) is 11.3 Å². The van der Waals surface area contributed by atoms with E-state index < -0.39 is 5.97 Å². The van der Waals surface area contributed by atoms with Gasteiger partial charge in [0, 0.05) is 0 Å². The fourth-order valence-electron chi connectivity index (χ4n) is 1.39. The number of hydrogen-bond acceptors (Lipinski definition) is 4. The molecular weight excluding hydrogens is 256 g/mol. The zero-order valence-corrected chi connectivity index (χ0v) is 9.96. The molecule has 0 spiro atoms. The summed E-state index contributed by atoms with van der Waals surface area (Å²) in [7, 11) is 0. The minimum atomic E-state index is -0.894. The van der Waals surface area contributed by atoms with Crippen LogP contribution in [0.25, 0.3) is 0 Å². The smallest absolute Gasteiger partial charge is 0.307 e. The number of nitrogens with zero attached hydrogens (tertiary/aromatic N) is 2. The maximum absolute atomic E-state index is 10.6. The number of hydrogen-bond donors (Lipinski definition) is 1. The highest BCUT2D eigenvalue weighted by molar-refractivity contribution is 6.29. The maximum atomic E-state index is 10.6. The average molecular weight is 265 g/mol. The van der Waals surface area contributed by atoms with E-state index in [2.05, 4.69) is 9.97 Å². The lowest BCUT2D eigenvalue weighted by atomic mass is 10.1. The van der Waals surface area contributed by atoms with Crippen LogP contribution in [0, 0.1) is 0 Å². The Balaban J connectivity index is 2.16. The molecule has 0 saturated carbocycles. The Bertz CT molecular complexity index is 575. The highest BCUT2D eigenvalue weighted by atomic mass is 35.5. The fourth-order valence-corrected chi connectivity index (χ4v) is 1.53. The van der Waals surface area contributed by atoms with Crippen LogP contribution >= 0.6 is 11.6 Å². The first kappa shape index (κ1) is 12.3. The van der Waals surface area contributed by atoms with Crippen molar-refractivity contribution in [1.29, 1.82) is 0 Å². The molecule has 1 aromatic heterocycles. The summed E-state index contributed by atoms with van der Waals surface area (Å²) in [6, 6.07) is 6.76. The van der Waals surface area contributed by atoms with Crippen molar-refractivity contribution in [1.82, 2.24) is 9.97 Å². The number of carbonyl (C=O) groups is 1. The third-order valence-electron chi connectivity index (χ3n) is 2.06. The van der Waals surface area contributed by atoms with Crippen LogP contribution in [0.1, 0.15) is 5.56 Å². The van der Waals surface area contributed by atoms with Crippen molar-refractivity contribution in [2.45, 2.75) is 6.42 Å². The Hall–Kier alpha value is -2.14. The van der Waals surface area contributed by atoms with Gasteiger partial charge in [0.2, 0.25) is 5.88 Å². The Morgan fingerprint density at radius 2 is 2.22 bits per heavy atom. The van der Waals surface area contributed by atoms with Crippen LogP contribution in [0.2, 0.25) is 5.15 Å². The fraction of sp³-hybridized carbons (Fsp3) is 0.0833. The summed E-state index contributed by atoms with van der Waals surface area (Å²) >= 11 is 5.68. The van der Waals surface area contributed by atoms with Gasteiger partial charge in [0.15, 0.2) is 5.15 Å². The topological polar surface area (TPSA) is 72.3 Å². The zero-order chi connectivity index (χ0) is 13.0. The van der Waals surface area contributed by atoms with Gasteiger partial charge in [-0.05, 0) is 17.7 Å². The highest BCUT2D eigenvalue weighted by Crippen LogP contribution is 2.21. The van der Waals surface area contributed by atoms with E-state index in [1.54, 1.807) is 24.3 Å². The molecule has 0 fully saturated rings.